The van der Waals surface area contributed by atoms with Crippen molar-refractivity contribution in [3.63, 3.8) is 0 Å². The average molecular weight is 171 g/mol. The minimum atomic E-state index is -0.313. The Labute approximate surface area is 71.5 Å². The second-order valence-electron chi connectivity index (χ2n) is 2.65. The first-order chi connectivity index (χ1) is 5.74. The van der Waals surface area contributed by atoms with Crippen molar-refractivity contribution in [2.75, 3.05) is 13.3 Å². The molecule has 0 saturated carbocycles. The Morgan fingerprint density at radius 3 is 3.17 bits per heavy atom. The van der Waals surface area contributed by atoms with Crippen molar-refractivity contribution < 1.29 is 14.3 Å². The predicted octanol–water partition coefficient (Wildman–Crippen LogP) is 0.0500. The number of nitrogens with one attached hydrogen (secondary N) is 1. The number of hydrogen-bond donors (Lipinski definition) is 1. The van der Waals surface area contributed by atoms with E-state index >= 15 is 0 Å². The van der Waals surface area contributed by atoms with Crippen molar-refractivity contribution in [1.29, 1.82) is 0 Å². The highest BCUT2D eigenvalue weighted by molar-refractivity contribution is 5.76. The third-order valence-corrected chi connectivity index (χ3v) is 1.63. The lowest BCUT2D eigenvalue weighted by atomic mass is 10.3. The quantitative estimate of drug-likeness (QED) is 0.481. The molecule has 68 valence electrons. The molecule has 1 heterocycles. The summed E-state index contributed by atoms with van der Waals surface area (Å²) < 4.78 is 9.94. The van der Waals surface area contributed by atoms with E-state index in [2.05, 4.69) is 11.9 Å². The van der Waals surface area contributed by atoms with Crippen molar-refractivity contribution in [2.45, 2.75) is 19.1 Å². The molecule has 1 fully saturated rings. The normalized spacial score (nSPS) is 24.9. The largest absolute Gasteiger partial charge is 0.457 e. The Bertz CT molecular complexity index is 175. The third kappa shape index (κ3) is 2.32. The molecule has 1 rings (SSSR count). The summed E-state index contributed by atoms with van der Waals surface area (Å²) in [5.74, 6) is -0.278. The van der Waals surface area contributed by atoms with Gasteiger partial charge in [0, 0.05) is 0 Å². The van der Waals surface area contributed by atoms with Crippen LogP contribution >= 0.6 is 0 Å². The smallest absolute Gasteiger partial charge is 0.326 e. The van der Waals surface area contributed by atoms with Crippen molar-refractivity contribution in [1.82, 2.24) is 5.32 Å². The molecular weight excluding hydrogens is 158 g/mol. The maximum atomic E-state index is 11.2. The highest BCUT2D eigenvalue weighted by Gasteiger charge is 2.24. The van der Waals surface area contributed by atoms with Gasteiger partial charge < -0.3 is 9.47 Å². The SMILES string of the molecule is C=CC(C)OC(=O)C1COCN1. The molecule has 2 atom stereocenters. The summed E-state index contributed by atoms with van der Waals surface area (Å²) in [6.07, 6.45) is 1.34. The Kier molecular flexibility index (Phi) is 3.25. The summed E-state index contributed by atoms with van der Waals surface area (Å²) >= 11 is 0. The lowest BCUT2D eigenvalue weighted by Crippen LogP contribution is -2.35. The molecule has 0 amide bonds. The monoisotopic (exact) mass is 171 g/mol. The van der Waals surface area contributed by atoms with E-state index in [1.165, 1.54) is 0 Å². The summed E-state index contributed by atoms with van der Waals surface area (Å²) in [6.45, 7) is 6.09. The first kappa shape index (κ1) is 9.22. The van der Waals surface area contributed by atoms with Crippen molar-refractivity contribution in [3.8, 4) is 0 Å². The molecule has 0 aromatic rings. The van der Waals surface area contributed by atoms with Crippen LogP contribution < -0.4 is 5.32 Å². The van der Waals surface area contributed by atoms with E-state index in [1.54, 1.807) is 13.0 Å². The summed E-state index contributed by atoms with van der Waals surface area (Å²) in [5.41, 5.74) is 0. The lowest BCUT2D eigenvalue weighted by molar-refractivity contribution is -0.148. The first-order valence-corrected chi connectivity index (χ1v) is 3.88. The first-order valence-electron chi connectivity index (χ1n) is 3.88. The summed E-state index contributed by atoms with van der Waals surface area (Å²) in [6, 6.07) is -0.313. The molecular formula is C8H13NO3. The van der Waals surface area contributed by atoms with Gasteiger partial charge in [-0.15, -0.1) is 0 Å². The highest BCUT2D eigenvalue weighted by Crippen LogP contribution is 2.00. The zero-order chi connectivity index (χ0) is 8.97. The van der Waals surface area contributed by atoms with Crippen LogP contribution in [0.5, 0.6) is 0 Å². The average Bonchev–Trinajstić information content (AvgIpc) is 2.56. The Morgan fingerprint density at radius 2 is 2.67 bits per heavy atom. The van der Waals surface area contributed by atoms with Gasteiger partial charge in [0.2, 0.25) is 0 Å². The number of esters is 1. The molecule has 4 heteroatoms. The maximum absolute atomic E-state index is 11.2. The number of hydrogen-bond acceptors (Lipinski definition) is 4. The Balaban J connectivity index is 2.31. The number of carbonyl (C=O) groups is 1. The van der Waals surface area contributed by atoms with E-state index in [-0.39, 0.29) is 18.1 Å². The van der Waals surface area contributed by atoms with Gasteiger partial charge in [0.05, 0.1) is 13.3 Å². The lowest BCUT2D eigenvalue weighted by Gasteiger charge is -2.11. The van der Waals surface area contributed by atoms with Gasteiger partial charge in [-0.05, 0) is 6.92 Å². The second kappa shape index (κ2) is 4.23. The molecule has 4 nitrogen and oxygen atoms in total. The van der Waals surface area contributed by atoms with Gasteiger partial charge in [-0.3, -0.25) is 10.1 Å². The zero-order valence-electron chi connectivity index (χ0n) is 7.08. The molecule has 0 radical (unpaired) electrons. The van der Waals surface area contributed by atoms with Gasteiger partial charge in [0.15, 0.2) is 0 Å². The summed E-state index contributed by atoms with van der Waals surface area (Å²) in [4.78, 5) is 11.2. The molecule has 0 aromatic carbocycles. The van der Waals surface area contributed by atoms with Crippen LogP contribution in [0.25, 0.3) is 0 Å². The van der Waals surface area contributed by atoms with Crippen LogP contribution in [0.4, 0.5) is 0 Å². The van der Waals surface area contributed by atoms with Gasteiger partial charge >= 0.3 is 5.97 Å². The summed E-state index contributed by atoms with van der Waals surface area (Å²) in [7, 11) is 0. The summed E-state index contributed by atoms with van der Waals surface area (Å²) in [5, 5.41) is 2.85. The van der Waals surface area contributed by atoms with Crippen LogP contribution in [0.2, 0.25) is 0 Å². The van der Waals surface area contributed by atoms with Crippen molar-refractivity contribution in [2.24, 2.45) is 0 Å². The van der Waals surface area contributed by atoms with E-state index in [4.69, 9.17) is 9.47 Å². The van der Waals surface area contributed by atoms with Crippen LogP contribution in [-0.2, 0) is 14.3 Å². The van der Waals surface area contributed by atoms with E-state index < -0.39 is 0 Å². The van der Waals surface area contributed by atoms with Crippen LogP contribution in [0, 0.1) is 0 Å². The van der Waals surface area contributed by atoms with Crippen LogP contribution in [0.1, 0.15) is 6.92 Å². The van der Waals surface area contributed by atoms with E-state index in [0.717, 1.165) is 0 Å². The van der Waals surface area contributed by atoms with Crippen LogP contribution in [-0.4, -0.2) is 31.5 Å². The molecule has 0 aromatic heterocycles. The number of carbonyl (C=O) groups excluding carboxylic acids is 1. The fourth-order valence-electron chi connectivity index (χ4n) is 0.860. The van der Waals surface area contributed by atoms with E-state index in [9.17, 15) is 4.79 Å². The van der Waals surface area contributed by atoms with Crippen molar-refractivity contribution in [3.05, 3.63) is 12.7 Å². The number of rotatable bonds is 3. The molecule has 0 spiro atoms. The molecule has 1 saturated heterocycles. The molecule has 0 bridgehead atoms. The van der Waals surface area contributed by atoms with Crippen LogP contribution in [0.3, 0.4) is 0 Å². The minimum Gasteiger partial charge on any atom is -0.457 e. The molecule has 2 unspecified atom stereocenters. The Morgan fingerprint density at radius 1 is 1.92 bits per heavy atom. The molecule has 1 aliphatic rings. The fourth-order valence-corrected chi connectivity index (χ4v) is 0.860. The Hall–Kier alpha value is -0.870. The van der Waals surface area contributed by atoms with Gasteiger partial charge in [-0.1, -0.05) is 12.7 Å². The number of ether oxygens (including phenoxy) is 2. The zero-order valence-corrected chi connectivity index (χ0v) is 7.08. The van der Waals surface area contributed by atoms with Gasteiger partial charge in [-0.2, -0.15) is 0 Å². The van der Waals surface area contributed by atoms with Gasteiger partial charge in [0.1, 0.15) is 12.1 Å². The maximum Gasteiger partial charge on any atom is 0.326 e. The molecule has 12 heavy (non-hydrogen) atoms. The highest BCUT2D eigenvalue weighted by atomic mass is 16.6. The van der Waals surface area contributed by atoms with E-state index in [0.29, 0.717) is 13.3 Å². The van der Waals surface area contributed by atoms with E-state index in [1.807, 2.05) is 0 Å². The van der Waals surface area contributed by atoms with Gasteiger partial charge in [-0.25, -0.2) is 0 Å². The van der Waals surface area contributed by atoms with Gasteiger partial charge in [0.25, 0.3) is 0 Å². The van der Waals surface area contributed by atoms with Crippen molar-refractivity contribution >= 4 is 5.97 Å². The topological polar surface area (TPSA) is 47.6 Å². The predicted molar refractivity (Wildman–Crippen MR) is 43.5 cm³/mol. The molecule has 1 N–H and O–H groups in total. The minimum absolute atomic E-state index is 0.236. The van der Waals surface area contributed by atoms with Crippen LogP contribution in [0.15, 0.2) is 12.7 Å². The molecule has 0 aliphatic carbocycles. The fraction of sp³-hybridized carbons (Fsp3) is 0.625. The standard InChI is InChI=1S/C8H13NO3/c1-3-6(2)12-8(10)7-4-11-5-9-7/h3,6-7,9H,1,4-5H2,2H3. The second-order valence-corrected chi connectivity index (χ2v) is 2.65. The third-order valence-electron chi connectivity index (χ3n) is 1.63. The molecule has 1 aliphatic heterocycles.